The van der Waals surface area contributed by atoms with Gasteiger partial charge in [-0.25, -0.2) is 0 Å². The van der Waals surface area contributed by atoms with Crippen molar-refractivity contribution >= 4 is 22.9 Å². The molecule has 1 aromatic heterocycles. The van der Waals surface area contributed by atoms with Crippen LogP contribution in [0.1, 0.15) is 11.1 Å². The number of benzene rings is 1. The molecule has 112 valence electrons. The SMILES string of the molecule is NC(=S)c1ccc(NCCn2cccn2)cc1C(F)(F)F. The standard InChI is InChI=1S/C13H13F3N4S/c14-13(15,16)11-8-9(2-3-10(11)12(17)21)18-5-7-20-6-1-4-19-20/h1-4,6,8,18H,5,7H2,(H2,17,21). The van der Waals surface area contributed by atoms with Gasteiger partial charge in [0.1, 0.15) is 4.99 Å². The Kier molecular flexibility index (Phi) is 4.46. The molecule has 3 N–H and O–H groups in total. The molecule has 4 nitrogen and oxygen atoms in total. The first-order valence-corrected chi connectivity index (χ1v) is 6.51. The van der Waals surface area contributed by atoms with Gasteiger partial charge < -0.3 is 11.1 Å². The summed E-state index contributed by atoms with van der Waals surface area (Å²) in [5.74, 6) is 0. The second-order valence-corrected chi connectivity index (χ2v) is 4.76. The lowest BCUT2D eigenvalue weighted by atomic mass is 10.1. The van der Waals surface area contributed by atoms with Gasteiger partial charge in [0, 0.05) is 30.2 Å². The number of aromatic nitrogens is 2. The summed E-state index contributed by atoms with van der Waals surface area (Å²) in [6.45, 7) is 0.997. The van der Waals surface area contributed by atoms with Crippen molar-refractivity contribution < 1.29 is 13.2 Å². The molecule has 2 rings (SSSR count). The molecule has 1 heterocycles. The number of anilines is 1. The average molecular weight is 314 g/mol. The molecule has 0 unspecified atom stereocenters. The maximum atomic E-state index is 13.0. The van der Waals surface area contributed by atoms with Crippen LogP contribution in [-0.2, 0) is 12.7 Å². The Hall–Kier alpha value is -2.09. The Morgan fingerprint density at radius 2 is 2.14 bits per heavy atom. The zero-order valence-corrected chi connectivity index (χ0v) is 11.7. The van der Waals surface area contributed by atoms with E-state index in [4.69, 9.17) is 5.73 Å². The van der Waals surface area contributed by atoms with E-state index in [1.165, 1.54) is 12.1 Å². The Balaban J connectivity index is 2.12. The van der Waals surface area contributed by atoms with E-state index < -0.39 is 11.7 Å². The second-order valence-electron chi connectivity index (χ2n) is 4.32. The highest BCUT2D eigenvalue weighted by Gasteiger charge is 2.34. The highest BCUT2D eigenvalue weighted by Crippen LogP contribution is 2.33. The van der Waals surface area contributed by atoms with Crippen LogP contribution in [0.3, 0.4) is 0 Å². The van der Waals surface area contributed by atoms with Gasteiger partial charge in [0.05, 0.1) is 12.1 Å². The third kappa shape index (κ3) is 3.94. The van der Waals surface area contributed by atoms with Gasteiger partial charge in [-0.2, -0.15) is 18.3 Å². The van der Waals surface area contributed by atoms with Gasteiger partial charge in [-0.15, -0.1) is 0 Å². The largest absolute Gasteiger partial charge is 0.417 e. The highest BCUT2D eigenvalue weighted by molar-refractivity contribution is 7.80. The molecule has 0 atom stereocenters. The molecule has 2 aromatic rings. The first kappa shape index (κ1) is 15.3. The summed E-state index contributed by atoms with van der Waals surface area (Å²) in [5, 5.41) is 6.92. The summed E-state index contributed by atoms with van der Waals surface area (Å²) in [4.78, 5) is -0.273. The topological polar surface area (TPSA) is 55.9 Å². The van der Waals surface area contributed by atoms with Crippen molar-refractivity contribution in [2.75, 3.05) is 11.9 Å². The first-order chi connectivity index (χ1) is 9.88. The Morgan fingerprint density at radius 1 is 1.38 bits per heavy atom. The molecular formula is C13H13F3N4S. The molecule has 0 bridgehead atoms. The van der Waals surface area contributed by atoms with Crippen LogP contribution in [0, 0.1) is 0 Å². The molecule has 0 aliphatic carbocycles. The Morgan fingerprint density at radius 3 is 2.71 bits per heavy atom. The van der Waals surface area contributed by atoms with Crippen molar-refractivity contribution in [3.05, 3.63) is 47.8 Å². The quantitative estimate of drug-likeness (QED) is 0.833. The van der Waals surface area contributed by atoms with Crippen LogP contribution in [-0.4, -0.2) is 21.3 Å². The Bertz CT molecular complexity index is 623. The smallest absolute Gasteiger partial charge is 0.389 e. The van der Waals surface area contributed by atoms with Crippen LogP contribution in [0.2, 0.25) is 0 Å². The van der Waals surface area contributed by atoms with Crippen molar-refractivity contribution in [2.24, 2.45) is 5.73 Å². The maximum Gasteiger partial charge on any atom is 0.417 e. The second kappa shape index (κ2) is 6.13. The van der Waals surface area contributed by atoms with E-state index in [9.17, 15) is 13.2 Å². The lowest BCUT2D eigenvalue weighted by Crippen LogP contribution is -2.18. The summed E-state index contributed by atoms with van der Waals surface area (Å²) in [6, 6.07) is 5.59. The van der Waals surface area contributed by atoms with Crippen molar-refractivity contribution in [3.63, 3.8) is 0 Å². The molecule has 0 aliphatic rings. The van der Waals surface area contributed by atoms with Gasteiger partial charge in [0.15, 0.2) is 0 Å². The third-order valence-electron chi connectivity index (χ3n) is 2.82. The minimum atomic E-state index is -4.50. The van der Waals surface area contributed by atoms with Gasteiger partial charge in [0.25, 0.3) is 0 Å². The van der Waals surface area contributed by atoms with Crippen LogP contribution in [0.4, 0.5) is 18.9 Å². The predicted octanol–water partition coefficient (Wildman–Crippen LogP) is 2.65. The van der Waals surface area contributed by atoms with Crippen LogP contribution in [0.15, 0.2) is 36.7 Å². The van der Waals surface area contributed by atoms with E-state index in [0.29, 0.717) is 18.8 Å². The number of rotatable bonds is 5. The number of hydrogen-bond acceptors (Lipinski definition) is 3. The van der Waals surface area contributed by atoms with Crippen molar-refractivity contribution in [1.29, 1.82) is 0 Å². The van der Waals surface area contributed by atoms with Crippen molar-refractivity contribution in [1.82, 2.24) is 9.78 Å². The number of nitrogens with one attached hydrogen (secondary N) is 1. The van der Waals surface area contributed by atoms with Gasteiger partial charge in [-0.05, 0) is 24.3 Å². The fourth-order valence-corrected chi connectivity index (χ4v) is 2.03. The molecule has 0 saturated heterocycles. The summed E-state index contributed by atoms with van der Waals surface area (Å²) in [6.07, 6.45) is -1.09. The molecule has 0 fully saturated rings. The molecule has 0 radical (unpaired) electrons. The van der Waals surface area contributed by atoms with Gasteiger partial charge in [-0.1, -0.05) is 12.2 Å². The molecule has 0 spiro atoms. The van der Waals surface area contributed by atoms with Gasteiger partial charge in [0.2, 0.25) is 0 Å². The molecule has 0 saturated carbocycles. The highest BCUT2D eigenvalue weighted by atomic mass is 32.1. The fraction of sp³-hybridized carbons (Fsp3) is 0.231. The van der Waals surface area contributed by atoms with E-state index in [2.05, 4.69) is 22.6 Å². The first-order valence-electron chi connectivity index (χ1n) is 6.10. The summed E-state index contributed by atoms with van der Waals surface area (Å²) in [5.41, 5.74) is 4.68. The minimum absolute atomic E-state index is 0.171. The maximum absolute atomic E-state index is 13.0. The molecule has 0 aliphatic heterocycles. The number of halogens is 3. The van der Waals surface area contributed by atoms with E-state index >= 15 is 0 Å². The number of hydrogen-bond donors (Lipinski definition) is 2. The van der Waals surface area contributed by atoms with Crippen LogP contribution in [0.25, 0.3) is 0 Å². The van der Waals surface area contributed by atoms with E-state index in [-0.39, 0.29) is 10.6 Å². The van der Waals surface area contributed by atoms with E-state index in [0.717, 1.165) is 6.07 Å². The summed E-state index contributed by atoms with van der Waals surface area (Å²) in [7, 11) is 0. The number of thiocarbonyl (C=S) groups is 1. The van der Waals surface area contributed by atoms with Crippen molar-refractivity contribution in [3.8, 4) is 0 Å². The molecule has 21 heavy (non-hydrogen) atoms. The van der Waals surface area contributed by atoms with Gasteiger partial charge >= 0.3 is 6.18 Å². The lowest BCUT2D eigenvalue weighted by molar-refractivity contribution is -0.137. The monoisotopic (exact) mass is 314 g/mol. The Labute approximate surface area is 124 Å². The number of alkyl halides is 3. The number of nitrogens with two attached hydrogens (primary N) is 1. The predicted molar refractivity (Wildman–Crippen MR) is 78.0 cm³/mol. The normalized spacial score (nSPS) is 11.4. The molecule has 0 amide bonds. The van der Waals surface area contributed by atoms with Gasteiger partial charge in [-0.3, -0.25) is 4.68 Å². The third-order valence-corrected chi connectivity index (χ3v) is 3.04. The van der Waals surface area contributed by atoms with E-state index in [1.54, 1.807) is 23.1 Å². The summed E-state index contributed by atoms with van der Waals surface area (Å²) >= 11 is 4.65. The van der Waals surface area contributed by atoms with Crippen LogP contribution >= 0.6 is 12.2 Å². The van der Waals surface area contributed by atoms with Crippen LogP contribution in [0.5, 0.6) is 0 Å². The molecule has 8 heteroatoms. The number of nitrogens with zero attached hydrogens (tertiary/aromatic N) is 2. The van der Waals surface area contributed by atoms with Crippen molar-refractivity contribution in [2.45, 2.75) is 12.7 Å². The van der Waals surface area contributed by atoms with E-state index in [1.807, 2.05) is 0 Å². The molecule has 1 aromatic carbocycles. The zero-order valence-electron chi connectivity index (χ0n) is 10.9. The molecular weight excluding hydrogens is 301 g/mol. The average Bonchev–Trinajstić information content (AvgIpc) is 2.90. The fourth-order valence-electron chi connectivity index (χ4n) is 1.85. The van der Waals surface area contributed by atoms with Crippen LogP contribution < -0.4 is 11.1 Å². The minimum Gasteiger partial charge on any atom is -0.389 e. The lowest BCUT2D eigenvalue weighted by Gasteiger charge is -2.14. The summed E-state index contributed by atoms with van der Waals surface area (Å²) < 4.78 is 40.6. The zero-order chi connectivity index (χ0) is 15.5.